The van der Waals surface area contributed by atoms with Crippen molar-refractivity contribution in [3.8, 4) is 0 Å². The Labute approximate surface area is 153 Å². The maximum Gasteiger partial charge on any atom is 0.416 e. The molecule has 142 valence electrons. The van der Waals surface area contributed by atoms with Crippen molar-refractivity contribution in [3.05, 3.63) is 65.9 Å². The largest absolute Gasteiger partial charge is 0.416 e. The molecule has 0 aliphatic carbocycles. The third-order valence-electron chi connectivity index (χ3n) is 4.37. The Bertz CT molecular complexity index is 968. The van der Waals surface area contributed by atoms with E-state index in [-0.39, 0.29) is 5.56 Å². The first-order valence-corrected chi connectivity index (χ1v) is 8.17. The molecule has 1 aromatic heterocycles. The lowest BCUT2D eigenvalue weighted by molar-refractivity contribution is -0.137. The van der Waals surface area contributed by atoms with Gasteiger partial charge in [0, 0.05) is 11.6 Å². The van der Waals surface area contributed by atoms with Crippen LogP contribution in [0.4, 0.5) is 23.7 Å². The van der Waals surface area contributed by atoms with Crippen molar-refractivity contribution in [2.75, 3.05) is 11.9 Å². The second-order valence-corrected chi connectivity index (χ2v) is 6.40. The molecule has 2 amide bonds. The number of aliphatic hydroxyl groups excluding tert-OH is 1. The Morgan fingerprint density at radius 3 is 2.52 bits per heavy atom. The van der Waals surface area contributed by atoms with E-state index < -0.39 is 29.9 Å². The summed E-state index contributed by atoms with van der Waals surface area (Å²) in [6.45, 7) is 0.881. The van der Waals surface area contributed by atoms with Gasteiger partial charge >= 0.3 is 12.2 Å². The van der Waals surface area contributed by atoms with Crippen LogP contribution in [0.15, 0.2) is 54.7 Å². The summed E-state index contributed by atoms with van der Waals surface area (Å²) in [6.07, 6.45) is -2.79. The van der Waals surface area contributed by atoms with Gasteiger partial charge in [-0.2, -0.15) is 13.2 Å². The monoisotopic (exact) mass is 377 g/mol. The average molecular weight is 377 g/mol. The van der Waals surface area contributed by atoms with Crippen molar-refractivity contribution in [2.45, 2.75) is 18.6 Å². The van der Waals surface area contributed by atoms with E-state index in [1.807, 2.05) is 12.1 Å². The molecular weight excluding hydrogens is 359 g/mol. The van der Waals surface area contributed by atoms with Crippen LogP contribution in [-0.2, 0) is 11.7 Å². The van der Waals surface area contributed by atoms with E-state index in [1.165, 1.54) is 19.1 Å². The minimum atomic E-state index is -4.52. The van der Waals surface area contributed by atoms with E-state index in [2.05, 4.69) is 15.6 Å². The van der Waals surface area contributed by atoms with Crippen LogP contribution >= 0.6 is 0 Å². The second-order valence-electron chi connectivity index (χ2n) is 6.40. The van der Waals surface area contributed by atoms with Gasteiger partial charge in [0.2, 0.25) is 0 Å². The van der Waals surface area contributed by atoms with Crippen LogP contribution < -0.4 is 10.6 Å². The van der Waals surface area contributed by atoms with Crippen molar-refractivity contribution in [1.29, 1.82) is 0 Å². The lowest BCUT2D eigenvalue weighted by Crippen LogP contribution is -2.48. The Morgan fingerprint density at radius 2 is 1.81 bits per heavy atom. The van der Waals surface area contributed by atoms with E-state index >= 15 is 0 Å². The minimum absolute atomic E-state index is 0.146. The van der Waals surface area contributed by atoms with Crippen LogP contribution in [0.25, 0.3) is 10.9 Å². The first-order valence-electron chi connectivity index (χ1n) is 8.17. The molecule has 27 heavy (non-hydrogen) atoms. The van der Waals surface area contributed by atoms with Crippen molar-refractivity contribution in [3.63, 3.8) is 0 Å². The van der Waals surface area contributed by atoms with Gasteiger partial charge < -0.3 is 20.7 Å². The smallest absolute Gasteiger partial charge is 0.394 e. The number of aromatic amines is 1. The van der Waals surface area contributed by atoms with Gasteiger partial charge in [-0.15, -0.1) is 0 Å². The van der Waals surface area contributed by atoms with Crippen LogP contribution in [0.3, 0.4) is 0 Å². The number of urea groups is 1. The third-order valence-corrected chi connectivity index (χ3v) is 4.37. The molecule has 0 spiro atoms. The number of nitrogens with one attached hydrogen (secondary N) is 3. The third kappa shape index (κ3) is 3.90. The summed E-state index contributed by atoms with van der Waals surface area (Å²) in [5, 5.41) is 15.9. The molecular formula is C19H18F3N3O2. The minimum Gasteiger partial charge on any atom is -0.394 e. The number of rotatable bonds is 4. The fourth-order valence-corrected chi connectivity index (χ4v) is 2.83. The summed E-state index contributed by atoms with van der Waals surface area (Å²) < 4.78 is 38.9. The van der Waals surface area contributed by atoms with Crippen molar-refractivity contribution >= 4 is 22.6 Å². The summed E-state index contributed by atoms with van der Waals surface area (Å²) in [7, 11) is 0. The number of fused-ring (bicyclic) bond motifs is 1. The standard InChI is InChI=1S/C19H18F3N3O2/c1-18(11-26,13-5-3-6-14(10-13)19(20,21)22)25-17(27)24-15-7-2-4-12-8-9-23-16(12)15/h2-10,23,26H,11H2,1H3,(H2,24,25,27). The Kier molecular flexibility index (Phi) is 4.84. The van der Waals surface area contributed by atoms with E-state index in [4.69, 9.17) is 0 Å². The van der Waals surface area contributed by atoms with Gasteiger partial charge in [-0.25, -0.2) is 4.79 Å². The lowest BCUT2D eigenvalue weighted by atomic mass is 9.91. The van der Waals surface area contributed by atoms with E-state index in [0.29, 0.717) is 5.69 Å². The topological polar surface area (TPSA) is 77.2 Å². The molecule has 0 aliphatic heterocycles. The molecule has 0 radical (unpaired) electrons. The van der Waals surface area contributed by atoms with Crippen LogP contribution in [-0.4, -0.2) is 22.7 Å². The predicted octanol–water partition coefficient (Wildman–Crippen LogP) is 4.22. The molecule has 0 saturated heterocycles. The molecule has 2 aromatic carbocycles. The zero-order valence-corrected chi connectivity index (χ0v) is 14.4. The number of aliphatic hydroxyl groups is 1. The fraction of sp³-hybridized carbons (Fsp3) is 0.211. The van der Waals surface area contributed by atoms with Gasteiger partial charge in [0.05, 0.1) is 28.9 Å². The maximum atomic E-state index is 13.0. The normalized spacial score (nSPS) is 14.0. The number of halogens is 3. The number of carbonyl (C=O) groups is 1. The summed E-state index contributed by atoms with van der Waals surface area (Å²) in [5.41, 5.74) is -0.863. The Morgan fingerprint density at radius 1 is 1.11 bits per heavy atom. The number of alkyl halides is 3. The Balaban J connectivity index is 1.83. The molecule has 0 fully saturated rings. The zero-order valence-electron chi connectivity index (χ0n) is 14.4. The molecule has 0 saturated carbocycles. The van der Waals surface area contributed by atoms with Crippen LogP contribution in [0.1, 0.15) is 18.1 Å². The predicted molar refractivity (Wildman–Crippen MR) is 96.3 cm³/mol. The molecule has 4 N–H and O–H groups in total. The molecule has 3 aromatic rings. The highest BCUT2D eigenvalue weighted by Crippen LogP contribution is 2.32. The fourth-order valence-electron chi connectivity index (χ4n) is 2.83. The van der Waals surface area contributed by atoms with Gasteiger partial charge in [-0.3, -0.25) is 0 Å². The molecule has 1 unspecified atom stereocenters. The number of anilines is 1. The molecule has 5 nitrogen and oxygen atoms in total. The molecule has 8 heteroatoms. The van der Waals surface area contributed by atoms with E-state index in [0.717, 1.165) is 23.0 Å². The highest BCUT2D eigenvalue weighted by molar-refractivity contribution is 6.00. The summed E-state index contributed by atoms with van der Waals surface area (Å²) in [5.74, 6) is 0. The number of amides is 2. The van der Waals surface area contributed by atoms with Gasteiger partial charge in [-0.1, -0.05) is 24.3 Å². The SMILES string of the molecule is CC(CO)(NC(=O)Nc1cccc2cc[nH]c12)c1cccc(C(F)(F)F)c1. The second kappa shape index (κ2) is 6.96. The van der Waals surface area contributed by atoms with Crippen LogP contribution in [0, 0.1) is 0 Å². The number of para-hydroxylation sites is 1. The lowest BCUT2D eigenvalue weighted by Gasteiger charge is -2.30. The van der Waals surface area contributed by atoms with Crippen molar-refractivity contribution in [2.24, 2.45) is 0 Å². The van der Waals surface area contributed by atoms with Crippen molar-refractivity contribution < 1.29 is 23.1 Å². The molecule has 1 heterocycles. The van der Waals surface area contributed by atoms with Crippen LogP contribution in [0.2, 0.25) is 0 Å². The van der Waals surface area contributed by atoms with Gasteiger partial charge in [0.25, 0.3) is 0 Å². The van der Waals surface area contributed by atoms with Crippen molar-refractivity contribution in [1.82, 2.24) is 10.3 Å². The molecule has 0 aliphatic rings. The quantitative estimate of drug-likeness (QED) is 0.550. The number of aromatic nitrogens is 1. The van der Waals surface area contributed by atoms with Gasteiger partial charge in [-0.05, 0) is 36.8 Å². The first-order chi connectivity index (χ1) is 12.7. The van der Waals surface area contributed by atoms with Gasteiger partial charge in [0.1, 0.15) is 0 Å². The molecule has 3 rings (SSSR count). The number of hydrogen-bond donors (Lipinski definition) is 4. The highest BCUT2D eigenvalue weighted by atomic mass is 19.4. The van der Waals surface area contributed by atoms with E-state index in [1.54, 1.807) is 18.3 Å². The first kappa shape index (κ1) is 18.8. The average Bonchev–Trinajstić information content (AvgIpc) is 3.11. The number of hydrogen-bond acceptors (Lipinski definition) is 2. The zero-order chi connectivity index (χ0) is 19.7. The summed E-state index contributed by atoms with van der Waals surface area (Å²) in [6, 6.07) is 11.1. The molecule has 1 atom stereocenters. The number of benzene rings is 2. The van der Waals surface area contributed by atoms with Gasteiger partial charge in [0.15, 0.2) is 0 Å². The number of carbonyl (C=O) groups excluding carboxylic acids is 1. The Hall–Kier alpha value is -3.00. The summed E-state index contributed by atoms with van der Waals surface area (Å²) in [4.78, 5) is 15.4. The van der Waals surface area contributed by atoms with E-state index in [9.17, 15) is 23.1 Å². The number of H-pyrrole nitrogens is 1. The van der Waals surface area contributed by atoms with Crippen LogP contribution in [0.5, 0.6) is 0 Å². The maximum absolute atomic E-state index is 13.0. The summed E-state index contributed by atoms with van der Waals surface area (Å²) >= 11 is 0. The highest BCUT2D eigenvalue weighted by Gasteiger charge is 2.34. The molecule has 0 bridgehead atoms.